The van der Waals surface area contributed by atoms with Gasteiger partial charge in [0.15, 0.2) is 0 Å². The molecule has 0 aliphatic heterocycles. The lowest BCUT2D eigenvalue weighted by Gasteiger charge is -2.25. The molecule has 0 saturated carbocycles. The van der Waals surface area contributed by atoms with Crippen molar-refractivity contribution >= 4 is 21.6 Å². The first-order valence-electron chi connectivity index (χ1n) is 9.86. The van der Waals surface area contributed by atoms with Gasteiger partial charge in [-0.2, -0.15) is 0 Å². The molecule has 6 nitrogen and oxygen atoms in total. The molecular weight excluding hydrogens is 412 g/mol. The van der Waals surface area contributed by atoms with Crippen molar-refractivity contribution in [2.45, 2.75) is 25.3 Å². The van der Waals surface area contributed by atoms with Gasteiger partial charge in [-0.05, 0) is 49.2 Å². The zero-order chi connectivity index (χ0) is 22.4. The highest BCUT2D eigenvalue weighted by atomic mass is 32.2. The number of amides is 1. The lowest BCUT2D eigenvalue weighted by Crippen LogP contribution is -2.40. The van der Waals surface area contributed by atoms with Gasteiger partial charge in [0.1, 0.15) is 17.2 Å². The average Bonchev–Trinajstić information content (AvgIpc) is 2.77. The number of carbonyl (C=O) groups is 1. The van der Waals surface area contributed by atoms with Crippen LogP contribution in [0.3, 0.4) is 0 Å². The zero-order valence-electron chi connectivity index (χ0n) is 17.8. The molecule has 3 aromatic carbocycles. The minimum atomic E-state index is -4.06. The van der Waals surface area contributed by atoms with E-state index in [2.05, 4.69) is 5.32 Å². The average molecular weight is 439 g/mol. The van der Waals surface area contributed by atoms with Gasteiger partial charge in [0.25, 0.3) is 10.0 Å². The number of ether oxygens (including phenoxy) is 1. The fourth-order valence-electron chi connectivity index (χ4n) is 3.11. The molecule has 31 heavy (non-hydrogen) atoms. The maximum Gasteiger partial charge on any atom is 0.268 e. The Bertz CT molecular complexity index is 1140. The molecule has 3 rings (SSSR count). The SMILES string of the molecule is COc1ccc(C)cc1S(=O)(=O)N(CC(=O)NCc1ccc(C)cc1)c1ccccc1. The standard InChI is InChI=1S/C24H26N2O4S/c1-18-9-12-20(13-10-18)16-25-24(27)17-26(21-7-5-4-6-8-21)31(28,29)23-15-19(2)11-14-22(23)30-3/h4-15H,16-17H2,1-3H3,(H,25,27). The van der Waals surface area contributed by atoms with E-state index in [0.717, 1.165) is 21.0 Å². The van der Waals surface area contributed by atoms with Gasteiger partial charge in [0, 0.05) is 6.54 Å². The van der Waals surface area contributed by atoms with Crippen LogP contribution in [0, 0.1) is 13.8 Å². The predicted molar refractivity (Wildman–Crippen MR) is 122 cm³/mol. The summed E-state index contributed by atoms with van der Waals surface area (Å²) < 4.78 is 33.5. The molecule has 0 radical (unpaired) electrons. The van der Waals surface area contributed by atoms with Crippen LogP contribution in [0.25, 0.3) is 0 Å². The van der Waals surface area contributed by atoms with Gasteiger partial charge in [-0.25, -0.2) is 8.42 Å². The summed E-state index contributed by atoms with van der Waals surface area (Å²) >= 11 is 0. The van der Waals surface area contributed by atoms with Crippen molar-refractivity contribution in [3.63, 3.8) is 0 Å². The lowest BCUT2D eigenvalue weighted by molar-refractivity contribution is -0.119. The maximum absolute atomic E-state index is 13.6. The number of nitrogens with zero attached hydrogens (tertiary/aromatic N) is 1. The Morgan fingerprint density at radius 2 is 1.58 bits per heavy atom. The minimum absolute atomic E-state index is 0.0187. The van der Waals surface area contributed by atoms with E-state index in [-0.39, 0.29) is 17.2 Å². The van der Waals surface area contributed by atoms with Crippen LogP contribution in [0.1, 0.15) is 16.7 Å². The Morgan fingerprint density at radius 3 is 2.23 bits per heavy atom. The van der Waals surface area contributed by atoms with Crippen LogP contribution < -0.4 is 14.4 Å². The van der Waals surface area contributed by atoms with Crippen LogP contribution >= 0.6 is 0 Å². The first-order valence-corrected chi connectivity index (χ1v) is 11.3. The summed E-state index contributed by atoms with van der Waals surface area (Å²) in [5.41, 5.74) is 3.24. The van der Waals surface area contributed by atoms with Gasteiger partial charge < -0.3 is 10.1 Å². The summed E-state index contributed by atoms with van der Waals surface area (Å²) in [5, 5.41) is 2.81. The molecule has 0 spiro atoms. The van der Waals surface area contributed by atoms with Crippen molar-refractivity contribution in [3.05, 3.63) is 89.5 Å². The molecule has 0 aromatic heterocycles. The third-order valence-electron chi connectivity index (χ3n) is 4.83. The summed E-state index contributed by atoms with van der Waals surface area (Å²) in [5.74, 6) is -0.175. The molecule has 3 aromatic rings. The Hall–Kier alpha value is -3.32. The number of hydrogen-bond acceptors (Lipinski definition) is 4. The van der Waals surface area contributed by atoms with Gasteiger partial charge in [-0.1, -0.05) is 54.1 Å². The first-order chi connectivity index (χ1) is 14.8. The van der Waals surface area contributed by atoms with E-state index in [1.165, 1.54) is 7.11 Å². The van der Waals surface area contributed by atoms with Gasteiger partial charge in [0.05, 0.1) is 12.8 Å². The molecule has 1 amide bonds. The summed E-state index contributed by atoms with van der Waals surface area (Å²) in [7, 11) is -2.63. The summed E-state index contributed by atoms with van der Waals surface area (Å²) in [6.45, 7) is 3.76. The fourth-order valence-corrected chi connectivity index (χ4v) is 4.77. The highest BCUT2D eigenvalue weighted by Crippen LogP contribution is 2.30. The molecule has 0 aliphatic rings. The Morgan fingerprint density at radius 1 is 0.935 bits per heavy atom. The van der Waals surface area contributed by atoms with E-state index in [9.17, 15) is 13.2 Å². The van der Waals surface area contributed by atoms with Gasteiger partial charge in [-0.3, -0.25) is 9.10 Å². The second-order valence-electron chi connectivity index (χ2n) is 7.26. The van der Waals surface area contributed by atoms with Crippen molar-refractivity contribution in [1.82, 2.24) is 5.32 Å². The van der Waals surface area contributed by atoms with Crippen molar-refractivity contribution < 1.29 is 17.9 Å². The second kappa shape index (κ2) is 9.66. The Balaban J connectivity index is 1.89. The molecule has 0 atom stereocenters. The maximum atomic E-state index is 13.6. The Labute approximate surface area is 183 Å². The zero-order valence-corrected chi connectivity index (χ0v) is 18.6. The monoisotopic (exact) mass is 438 g/mol. The molecule has 0 bridgehead atoms. The van der Waals surface area contributed by atoms with Crippen molar-refractivity contribution in [3.8, 4) is 5.75 Å². The normalized spacial score (nSPS) is 11.1. The number of hydrogen-bond donors (Lipinski definition) is 1. The number of para-hydroxylation sites is 1. The number of nitrogens with one attached hydrogen (secondary N) is 1. The van der Waals surface area contributed by atoms with Crippen LogP contribution in [0.5, 0.6) is 5.75 Å². The summed E-state index contributed by atoms with van der Waals surface area (Å²) in [4.78, 5) is 12.7. The highest BCUT2D eigenvalue weighted by molar-refractivity contribution is 7.93. The Kier molecular flexibility index (Phi) is 6.97. The van der Waals surface area contributed by atoms with Gasteiger partial charge in [0.2, 0.25) is 5.91 Å². The van der Waals surface area contributed by atoms with Crippen LogP contribution in [-0.2, 0) is 21.4 Å². The number of rotatable bonds is 8. The molecule has 7 heteroatoms. The highest BCUT2D eigenvalue weighted by Gasteiger charge is 2.30. The number of carbonyl (C=O) groups excluding carboxylic acids is 1. The molecule has 0 fully saturated rings. The molecule has 0 unspecified atom stereocenters. The smallest absolute Gasteiger partial charge is 0.268 e. The van der Waals surface area contributed by atoms with Crippen molar-refractivity contribution in [2.75, 3.05) is 18.0 Å². The van der Waals surface area contributed by atoms with Crippen molar-refractivity contribution in [2.24, 2.45) is 0 Å². The van der Waals surface area contributed by atoms with Crippen LogP contribution in [0.2, 0.25) is 0 Å². The van der Waals surface area contributed by atoms with E-state index < -0.39 is 15.9 Å². The molecular formula is C24H26N2O4S. The topological polar surface area (TPSA) is 75.7 Å². The van der Waals surface area contributed by atoms with E-state index in [1.807, 2.05) is 31.2 Å². The van der Waals surface area contributed by atoms with Crippen LogP contribution in [-0.4, -0.2) is 28.0 Å². The fraction of sp³-hybridized carbons (Fsp3) is 0.208. The van der Waals surface area contributed by atoms with Crippen LogP contribution in [0.15, 0.2) is 77.7 Å². The number of methoxy groups -OCH3 is 1. The third kappa shape index (κ3) is 5.44. The second-order valence-corrected chi connectivity index (χ2v) is 9.09. The lowest BCUT2D eigenvalue weighted by atomic mass is 10.1. The molecule has 0 heterocycles. The van der Waals surface area contributed by atoms with E-state index >= 15 is 0 Å². The van der Waals surface area contributed by atoms with Gasteiger partial charge in [-0.15, -0.1) is 0 Å². The number of sulfonamides is 1. The van der Waals surface area contributed by atoms with Crippen molar-refractivity contribution in [1.29, 1.82) is 0 Å². The number of benzene rings is 3. The minimum Gasteiger partial charge on any atom is -0.495 e. The molecule has 1 N–H and O–H groups in total. The van der Waals surface area contributed by atoms with E-state index in [1.54, 1.807) is 55.5 Å². The van der Waals surface area contributed by atoms with E-state index in [0.29, 0.717) is 12.2 Å². The first kappa shape index (κ1) is 22.4. The molecule has 0 saturated heterocycles. The van der Waals surface area contributed by atoms with Crippen LogP contribution in [0.4, 0.5) is 5.69 Å². The molecule has 0 aliphatic carbocycles. The third-order valence-corrected chi connectivity index (χ3v) is 6.62. The number of anilines is 1. The summed E-state index contributed by atoms with van der Waals surface area (Å²) in [6.07, 6.45) is 0. The predicted octanol–water partition coefficient (Wildman–Crippen LogP) is 3.82. The van der Waals surface area contributed by atoms with E-state index in [4.69, 9.17) is 4.74 Å². The largest absolute Gasteiger partial charge is 0.495 e. The molecule has 162 valence electrons. The van der Waals surface area contributed by atoms with Gasteiger partial charge >= 0.3 is 0 Å². The quantitative estimate of drug-likeness (QED) is 0.580. The summed E-state index contributed by atoms with van der Waals surface area (Å²) in [6, 6.07) is 21.3. The number of aryl methyl sites for hydroxylation is 2.